The molecule has 0 bridgehead atoms. The fourth-order valence-electron chi connectivity index (χ4n) is 2.34. The first-order valence-electron chi connectivity index (χ1n) is 8.11. The van der Waals surface area contributed by atoms with Crippen molar-refractivity contribution in [2.24, 2.45) is 0 Å². The monoisotopic (exact) mass is 396 g/mol. The lowest BCUT2D eigenvalue weighted by atomic mass is 10.1. The number of hydrogen-bond acceptors (Lipinski definition) is 3. The fraction of sp³-hybridized carbons (Fsp3) is 0.278. The molecule has 0 spiro atoms. The van der Waals surface area contributed by atoms with Crippen molar-refractivity contribution in [3.63, 3.8) is 0 Å². The van der Waals surface area contributed by atoms with Crippen molar-refractivity contribution in [3.05, 3.63) is 59.1 Å². The van der Waals surface area contributed by atoms with E-state index >= 15 is 0 Å². The van der Waals surface area contributed by atoms with Gasteiger partial charge in [0.2, 0.25) is 10.0 Å². The molecule has 0 saturated heterocycles. The molecular formula is C18H23ClN3O3S+. The lowest BCUT2D eigenvalue weighted by Crippen LogP contribution is -2.86. The van der Waals surface area contributed by atoms with Crippen LogP contribution in [0.2, 0.25) is 5.02 Å². The van der Waals surface area contributed by atoms with Gasteiger partial charge in [-0.3, -0.25) is 4.79 Å². The van der Waals surface area contributed by atoms with Gasteiger partial charge in [-0.1, -0.05) is 23.7 Å². The number of nitrogens with zero attached hydrogens (tertiary/aromatic N) is 1. The molecule has 0 aliphatic carbocycles. The quantitative estimate of drug-likeness (QED) is 0.749. The summed E-state index contributed by atoms with van der Waals surface area (Å²) in [4.78, 5) is 12.3. The Morgan fingerprint density at radius 1 is 1.19 bits per heavy atom. The molecule has 0 unspecified atom stereocenters. The van der Waals surface area contributed by atoms with E-state index in [4.69, 9.17) is 11.6 Å². The second-order valence-electron chi connectivity index (χ2n) is 6.14. The Kier molecular flexibility index (Phi) is 6.77. The Labute approximate surface area is 159 Å². The van der Waals surface area contributed by atoms with E-state index in [0.29, 0.717) is 10.7 Å². The number of hydrogen-bond donors (Lipinski definition) is 2. The Morgan fingerprint density at radius 3 is 2.42 bits per heavy atom. The van der Waals surface area contributed by atoms with Crippen molar-refractivity contribution in [2.75, 3.05) is 26.0 Å². The summed E-state index contributed by atoms with van der Waals surface area (Å²) in [5, 5.41) is 5.34. The smallest absolute Gasteiger partial charge is 0.279 e. The van der Waals surface area contributed by atoms with Crippen LogP contribution in [-0.4, -0.2) is 39.3 Å². The normalized spacial score (nSPS) is 12.8. The molecular weight excluding hydrogens is 374 g/mol. The molecule has 26 heavy (non-hydrogen) atoms. The third-order valence-corrected chi connectivity index (χ3v) is 6.01. The summed E-state index contributed by atoms with van der Waals surface area (Å²) in [5.41, 5.74) is 1.60. The second-order valence-corrected chi connectivity index (χ2v) is 8.73. The first-order chi connectivity index (χ1) is 12.2. The van der Waals surface area contributed by atoms with Crippen LogP contribution in [0.1, 0.15) is 18.5 Å². The average Bonchev–Trinajstić information content (AvgIpc) is 2.60. The van der Waals surface area contributed by atoms with Gasteiger partial charge in [-0.15, -0.1) is 0 Å². The van der Waals surface area contributed by atoms with E-state index < -0.39 is 10.0 Å². The van der Waals surface area contributed by atoms with Gasteiger partial charge in [0.25, 0.3) is 5.91 Å². The first-order valence-corrected chi connectivity index (χ1v) is 9.93. The number of carbonyl (C=O) groups excluding carboxylic acids is 1. The van der Waals surface area contributed by atoms with Crippen molar-refractivity contribution in [2.45, 2.75) is 17.9 Å². The molecule has 1 atom stereocenters. The summed E-state index contributed by atoms with van der Waals surface area (Å²) in [5.74, 6) is -0.165. The molecule has 0 radical (unpaired) electrons. The lowest BCUT2D eigenvalue weighted by Gasteiger charge is -2.13. The fourth-order valence-corrected chi connectivity index (χ4v) is 3.44. The molecule has 0 fully saturated rings. The number of benzene rings is 2. The van der Waals surface area contributed by atoms with Gasteiger partial charge in [0.05, 0.1) is 4.90 Å². The van der Waals surface area contributed by atoms with Gasteiger partial charge in [0.1, 0.15) is 6.04 Å². The van der Waals surface area contributed by atoms with Crippen LogP contribution >= 0.6 is 11.6 Å². The maximum Gasteiger partial charge on any atom is 0.279 e. The minimum Gasteiger partial charge on any atom is -0.333 e. The highest BCUT2D eigenvalue weighted by atomic mass is 35.5. The third kappa shape index (κ3) is 5.28. The maximum absolute atomic E-state index is 12.1. The number of nitrogens with two attached hydrogens (primary N) is 1. The van der Waals surface area contributed by atoms with Gasteiger partial charge in [-0.2, -0.15) is 0 Å². The Hall–Kier alpha value is -1.93. The van der Waals surface area contributed by atoms with Gasteiger partial charge in [0, 0.05) is 30.4 Å². The number of amides is 1. The molecule has 2 aromatic rings. The number of sulfonamides is 1. The zero-order valence-electron chi connectivity index (χ0n) is 14.9. The summed E-state index contributed by atoms with van der Waals surface area (Å²) < 4.78 is 25.2. The molecule has 1 amide bonds. The van der Waals surface area contributed by atoms with E-state index in [9.17, 15) is 13.2 Å². The number of carbonyl (C=O) groups is 1. The number of nitrogens with one attached hydrogen (secondary N) is 1. The molecule has 0 aliphatic rings. The molecule has 2 rings (SSSR count). The number of halogens is 1. The van der Waals surface area contributed by atoms with Crippen molar-refractivity contribution >= 4 is 33.2 Å². The molecule has 8 heteroatoms. The lowest BCUT2D eigenvalue weighted by molar-refractivity contribution is -0.682. The molecule has 3 N–H and O–H groups in total. The topological polar surface area (TPSA) is 83.1 Å². The Balaban J connectivity index is 1.92. The van der Waals surface area contributed by atoms with Crippen LogP contribution in [0.4, 0.5) is 5.69 Å². The molecule has 0 heterocycles. The maximum atomic E-state index is 12.1. The molecule has 0 aliphatic heterocycles. The van der Waals surface area contributed by atoms with E-state index in [2.05, 4.69) is 5.32 Å². The minimum absolute atomic E-state index is 0.0899. The Morgan fingerprint density at radius 2 is 1.85 bits per heavy atom. The van der Waals surface area contributed by atoms with Crippen LogP contribution in [-0.2, 0) is 14.8 Å². The summed E-state index contributed by atoms with van der Waals surface area (Å²) in [7, 11) is -0.526. The molecule has 0 aromatic heterocycles. The van der Waals surface area contributed by atoms with Crippen LogP contribution < -0.4 is 10.6 Å². The highest BCUT2D eigenvalue weighted by Crippen LogP contribution is 2.17. The van der Waals surface area contributed by atoms with E-state index in [-0.39, 0.29) is 23.4 Å². The average molecular weight is 397 g/mol. The molecule has 0 saturated carbocycles. The summed E-state index contributed by atoms with van der Waals surface area (Å²) in [6.07, 6.45) is 0. The van der Waals surface area contributed by atoms with E-state index in [1.807, 2.05) is 36.5 Å². The van der Waals surface area contributed by atoms with Crippen LogP contribution in [0.25, 0.3) is 0 Å². The summed E-state index contributed by atoms with van der Waals surface area (Å²) in [6, 6.07) is 13.7. The highest BCUT2D eigenvalue weighted by Gasteiger charge is 2.17. The van der Waals surface area contributed by atoms with Crippen LogP contribution in [0, 0.1) is 0 Å². The Bertz CT molecular complexity index is 868. The van der Waals surface area contributed by atoms with Crippen molar-refractivity contribution in [1.82, 2.24) is 4.31 Å². The zero-order valence-corrected chi connectivity index (χ0v) is 16.5. The van der Waals surface area contributed by atoms with Crippen molar-refractivity contribution < 1.29 is 18.5 Å². The molecule has 2 aromatic carbocycles. The van der Waals surface area contributed by atoms with Crippen molar-refractivity contribution in [1.29, 1.82) is 0 Å². The summed E-state index contributed by atoms with van der Waals surface area (Å²) >= 11 is 5.98. The predicted octanol–water partition coefficient (Wildman–Crippen LogP) is 1.85. The number of rotatable bonds is 7. The largest absolute Gasteiger partial charge is 0.333 e. The summed E-state index contributed by atoms with van der Waals surface area (Å²) in [6.45, 7) is 2.24. The van der Waals surface area contributed by atoms with E-state index in [0.717, 1.165) is 9.87 Å². The van der Waals surface area contributed by atoms with E-state index in [1.165, 1.54) is 26.2 Å². The molecule has 140 valence electrons. The second kappa shape index (κ2) is 8.64. The van der Waals surface area contributed by atoms with Gasteiger partial charge >= 0.3 is 0 Å². The SMILES string of the molecule is C[C@@H]([NH2+]CC(=O)Nc1ccc(S(=O)(=O)N(C)C)cc1)c1cccc(Cl)c1. The number of quaternary nitrogens is 1. The van der Waals surface area contributed by atoms with E-state index in [1.54, 1.807) is 12.1 Å². The third-order valence-electron chi connectivity index (χ3n) is 3.95. The van der Waals surface area contributed by atoms with Gasteiger partial charge in [-0.25, -0.2) is 12.7 Å². The van der Waals surface area contributed by atoms with Gasteiger partial charge in [-0.05, 0) is 43.3 Å². The van der Waals surface area contributed by atoms with Crippen LogP contribution in [0.5, 0.6) is 0 Å². The standard InChI is InChI=1S/C18H22ClN3O3S/c1-13(14-5-4-6-15(19)11-14)20-12-18(23)21-16-7-9-17(10-8-16)26(24,25)22(2)3/h4-11,13,20H,12H2,1-3H3,(H,21,23)/p+1/t13-/m1/s1. The first kappa shape index (κ1) is 20.4. The zero-order chi connectivity index (χ0) is 19.3. The van der Waals surface area contributed by atoms with Crippen LogP contribution in [0.3, 0.4) is 0 Å². The highest BCUT2D eigenvalue weighted by molar-refractivity contribution is 7.89. The minimum atomic E-state index is -3.47. The van der Waals surface area contributed by atoms with Crippen molar-refractivity contribution in [3.8, 4) is 0 Å². The van der Waals surface area contributed by atoms with Gasteiger partial charge < -0.3 is 10.6 Å². The van der Waals surface area contributed by atoms with Crippen LogP contribution in [0.15, 0.2) is 53.4 Å². The molecule has 6 nitrogen and oxygen atoms in total. The van der Waals surface area contributed by atoms with Gasteiger partial charge in [0.15, 0.2) is 6.54 Å². The number of anilines is 1. The predicted molar refractivity (Wildman–Crippen MR) is 103 cm³/mol.